The molecule has 0 fully saturated rings. The van der Waals surface area contributed by atoms with Crippen LogP contribution in [-0.4, -0.2) is 18.4 Å². The van der Waals surface area contributed by atoms with Crippen molar-refractivity contribution in [1.29, 1.82) is 0 Å². The first-order valence-electron chi connectivity index (χ1n) is 9.57. The number of aryl methyl sites for hydroxylation is 1. The number of nitrogens with one attached hydrogen (secondary N) is 2. The van der Waals surface area contributed by atoms with Crippen molar-refractivity contribution in [2.24, 2.45) is 0 Å². The first-order chi connectivity index (χ1) is 12.8. The average molecular weight is 367 g/mol. The molecule has 0 saturated carbocycles. The maximum Gasteiger partial charge on any atom is 0.253 e. The first-order valence-corrected chi connectivity index (χ1v) is 9.57. The van der Waals surface area contributed by atoms with E-state index in [9.17, 15) is 9.59 Å². The lowest BCUT2D eigenvalue weighted by atomic mass is 9.86. The molecule has 0 aliphatic carbocycles. The molecule has 2 aromatic carbocycles. The second-order valence-electron chi connectivity index (χ2n) is 7.80. The smallest absolute Gasteiger partial charge is 0.253 e. The van der Waals surface area contributed by atoms with Crippen molar-refractivity contribution >= 4 is 17.5 Å². The van der Waals surface area contributed by atoms with Gasteiger partial charge in [0.1, 0.15) is 0 Å². The first kappa shape index (κ1) is 20.7. The zero-order valence-corrected chi connectivity index (χ0v) is 16.8. The van der Waals surface area contributed by atoms with Crippen molar-refractivity contribution < 1.29 is 9.59 Å². The molecule has 0 aliphatic heterocycles. The second-order valence-corrected chi connectivity index (χ2v) is 7.80. The monoisotopic (exact) mass is 366 g/mol. The van der Waals surface area contributed by atoms with Gasteiger partial charge in [-0.3, -0.25) is 9.59 Å². The number of para-hydroxylation sites is 1. The number of amides is 2. The lowest BCUT2D eigenvalue weighted by Gasteiger charge is -2.19. The molecule has 0 aliphatic rings. The van der Waals surface area contributed by atoms with Crippen LogP contribution in [0.15, 0.2) is 48.5 Å². The fourth-order valence-corrected chi connectivity index (χ4v) is 2.77. The largest absolute Gasteiger partial charge is 0.352 e. The van der Waals surface area contributed by atoms with Crippen LogP contribution in [0.4, 0.5) is 5.69 Å². The van der Waals surface area contributed by atoms with Gasteiger partial charge in [0.2, 0.25) is 5.91 Å². The van der Waals surface area contributed by atoms with Gasteiger partial charge in [0, 0.05) is 13.0 Å². The molecule has 4 nitrogen and oxygen atoms in total. The minimum absolute atomic E-state index is 0.0920. The fraction of sp³-hybridized carbons (Fsp3) is 0.391. The number of anilines is 1. The Bertz CT molecular complexity index is 774. The fourth-order valence-electron chi connectivity index (χ4n) is 2.77. The number of benzene rings is 2. The highest BCUT2D eigenvalue weighted by Gasteiger charge is 2.14. The van der Waals surface area contributed by atoms with Gasteiger partial charge in [0.25, 0.3) is 5.91 Å². The van der Waals surface area contributed by atoms with Crippen molar-refractivity contribution in [3.05, 3.63) is 65.2 Å². The molecule has 0 saturated heterocycles. The summed E-state index contributed by atoms with van der Waals surface area (Å²) < 4.78 is 0. The van der Waals surface area contributed by atoms with E-state index in [1.807, 2.05) is 13.0 Å². The van der Waals surface area contributed by atoms with Crippen molar-refractivity contribution in [2.75, 3.05) is 11.9 Å². The molecule has 27 heavy (non-hydrogen) atoms. The summed E-state index contributed by atoms with van der Waals surface area (Å²) >= 11 is 0. The average Bonchev–Trinajstić information content (AvgIpc) is 2.64. The van der Waals surface area contributed by atoms with Gasteiger partial charge in [0.05, 0.1) is 11.3 Å². The molecule has 0 atom stereocenters. The third-order valence-electron chi connectivity index (χ3n) is 4.44. The van der Waals surface area contributed by atoms with Gasteiger partial charge in [-0.05, 0) is 41.5 Å². The van der Waals surface area contributed by atoms with Gasteiger partial charge < -0.3 is 10.6 Å². The normalized spacial score (nSPS) is 11.1. The van der Waals surface area contributed by atoms with Crippen LogP contribution in [0, 0.1) is 0 Å². The molecule has 0 heterocycles. The summed E-state index contributed by atoms with van der Waals surface area (Å²) in [5.41, 5.74) is 3.58. The number of carbonyl (C=O) groups excluding carboxylic acids is 2. The van der Waals surface area contributed by atoms with Crippen LogP contribution in [0.25, 0.3) is 0 Å². The molecule has 0 radical (unpaired) electrons. The minimum atomic E-state index is -0.162. The summed E-state index contributed by atoms with van der Waals surface area (Å²) in [6.07, 6.45) is 1.91. The maximum absolute atomic E-state index is 12.4. The Labute approximate surface area is 162 Å². The van der Waals surface area contributed by atoms with Crippen LogP contribution in [0.2, 0.25) is 0 Å². The lowest BCUT2D eigenvalue weighted by molar-refractivity contribution is -0.116. The predicted molar refractivity (Wildman–Crippen MR) is 111 cm³/mol. The molecule has 2 amide bonds. The quantitative estimate of drug-likeness (QED) is 0.746. The van der Waals surface area contributed by atoms with Crippen LogP contribution < -0.4 is 10.6 Å². The number of carbonyl (C=O) groups is 2. The van der Waals surface area contributed by atoms with E-state index in [-0.39, 0.29) is 17.2 Å². The van der Waals surface area contributed by atoms with Crippen molar-refractivity contribution in [2.45, 2.75) is 52.4 Å². The van der Waals surface area contributed by atoms with E-state index in [1.54, 1.807) is 18.2 Å². The molecule has 2 N–H and O–H groups in total. The van der Waals surface area contributed by atoms with Crippen molar-refractivity contribution in [3.8, 4) is 0 Å². The summed E-state index contributed by atoms with van der Waals surface area (Å²) in [5, 5.41) is 5.72. The van der Waals surface area contributed by atoms with Gasteiger partial charge in [-0.1, -0.05) is 64.1 Å². The molecule has 0 aromatic heterocycles. The summed E-state index contributed by atoms with van der Waals surface area (Å²) in [6.45, 7) is 9.17. The van der Waals surface area contributed by atoms with E-state index < -0.39 is 0 Å². The van der Waals surface area contributed by atoms with Gasteiger partial charge >= 0.3 is 0 Å². The van der Waals surface area contributed by atoms with E-state index in [1.165, 1.54) is 5.56 Å². The third kappa shape index (κ3) is 6.24. The highest BCUT2D eigenvalue weighted by molar-refractivity contribution is 6.03. The van der Waals surface area contributed by atoms with Gasteiger partial charge in [-0.2, -0.15) is 0 Å². The minimum Gasteiger partial charge on any atom is -0.352 e. The van der Waals surface area contributed by atoms with E-state index in [4.69, 9.17) is 0 Å². The Kier molecular flexibility index (Phi) is 7.17. The standard InChI is InChI=1S/C23H30N2O2/c1-5-16-24-22(27)19-8-6-7-9-20(19)25-21(26)15-12-17-10-13-18(14-11-17)23(2,3)4/h6-11,13-14H,5,12,15-16H2,1-4H3,(H,24,27)(H,25,26). The Balaban J connectivity index is 1.95. The summed E-state index contributed by atoms with van der Waals surface area (Å²) in [4.78, 5) is 24.6. The van der Waals surface area contributed by atoms with E-state index in [0.717, 1.165) is 12.0 Å². The van der Waals surface area contributed by atoms with Gasteiger partial charge in [-0.15, -0.1) is 0 Å². The molecule has 4 heteroatoms. The molecule has 2 rings (SSSR count). The Morgan fingerprint density at radius 3 is 2.26 bits per heavy atom. The van der Waals surface area contributed by atoms with Crippen molar-refractivity contribution in [1.82, 2.24) is 5.32 Å². The third-order valence-corrected chi connectivity index (χ3v) is 4.44. The molecule has 0 unspecified atom stereocenters. The van der Waals surface area contributed by atoms with Crippen LogP contribution in [0.5, 0.6) is 0 Å². The molecular formula is C23H30N2O2. The SMILES string of the molecule is CCCNC(=O)c1ccccc1NC(=O)CCc1ccc(C(C)(C)C)cc1. The summed E-state index contributed by atoms with van der Waals surface area (Å²) in [7, 11) is 0. The highest BCUT2D eigenvalue weighted by Crippen LogP contribution is 2.22. The molecule has 0 spiro atoms. The number of hydrogen-bond acceptors (Lipinski definition) is 2. The van der Waals surface area contributed by atoms with E-state index in [0.29, 0.717) is 30.6 Å². The Morgan fingerprint density at radius 1 is 0.963 bits per heavy atom. The topological polar surface area (TPSA) is 58.2 Å². The van der Waals surface area contributed by atoms with Crippen LogP contribution in [0.3, 0.4) is 0 Å². The summed E-state index contributed by atoms with van der Waals surface area (Å²) in [5.74, 6) is -0.254. The number of hydrogen-bond donors (Lipinski definition) is 2. The maximum atomic E-state index is 12.4. The summed E-state index contributed by atoms with van der Waals surface area (Å²) in [6, 6.07) is 15.5. The Hall–Kier alpha value is -2.62. The van der Waals surface area contributed by atoms with E-state index >= 15 is 0 Å². The second kappa shape index (κ2) is 9.36. The molecule has 2 aromatic rings. The van der Waals surface area contributed by atoms with Crippen molar-refractivity contribution in [3.63, 3.8) is 0 Å². The molecule has 144 valence electrons. The predicted octanol–water partition coefficient (Wildman–Crippen LogP) is 4.70. The van der Waals surface area contributed by atoms with Gasteiger partial charge in [0.15, 0.2) is 0 Å². The molecular weight excluding hydrogens is 336 g/mol. The zero-order valence-electron chi connectivity index (χ0n) is 16.8. The van der Waals surface area contributed by atoms with E-state index in [2.05, 4.69) is 55.7 Å². The Morgan fingerprint density at radius 2 is 1.63 bits per heavy atom. The zero-order chi connectivity index (χ0) is 19.9. The van der Waals surface area contributed by atoms with Crippen LogP contribution in [0.1, 0.15) is 62.0 Å². The lowest BCUT2D eigenvalue weighted by Crippen LogP contribution is -2.25. The van der Waals surface area contributed by atoms with Gasteiger partial charge in [-0.25, -0.2) is 0 Å². The number of rotatable bonds is 7. The van der Waals surface area contributed by atoms with Crippen LogP contribution in [-0.2, 0) is 16.6 Å². The van der Waals surface area contributed by atoms with Crippen LogP contribution >= 0.6 is 0 Å². The molecule has 0 bridgehead atoms. The highest BCUT2D eigenvalue weighted by atomic mass is 16.2.